The van der Waals surface area contributed by atoms with Gasteiger partial charge in [-0.05, 0) is 23.8 Å². The van der Waals surface area contributed by atoms with Crippen LogP contribution in [0.3, 0.4) is 0 Å². The molecule has 1 aromatic rings. The van der Waals surface area contributed by atoms with Crippen LogP contribution in [0.5, 0.6) is 5.75 Å². The first-order valence-corrected chi connectivity index (χ1v) is 5.27. The highest BCUT2D eigenvalue weighted by Gasteiger charge is 2.26. The third-order valence-electron chi connectivity index (χ3n) is 2.36. The van der Waals surface area contributed by atoms with Gasteiger partial charge in [-0.25, -0.2) is 9.69 Å². The summed E-state index contributed by atoms with van der Waals surface area (Å²) in [5.41, 5.74) is 0.729. The summed E-state index contributed by atoms with van der Waals surface area (Å²) in [5, 5.41) is 0. The Morgan fingerprint density at radius 1 is 1.50 bits per heavy atom. The molecule has 1 heterocycles. The van der Waals surface area contributed by atoms with Crippen LogP contribution in [0, 0.1) is 0 Å². The minimum absolute atomic E-state index is 0.450. The fourth-order valence-corrected chi connectivity index (χ4v) is 1.41. The number of nitrogens with zero attached hydrogens (tertiary/aromatic N) is 1. The molecule has 1 aromatic carbocycles. The van der Waals surface area contributed by atoms with E-state index in [1.807, 2.05) is 0 Å². The predicted molar refractivity (Wildman–Crippen MR) is 65.1 cm³/mol. The topological polar surface area (TPSA) is 55.8 Å². The normalized spacial score (nSPS) is 19.4. The highest BCUT2D eigenvalue weighted by atomic mass is 16.6. The maximum Gasteiger partial charge on any atom is 0.416 e. The Morgan fingerprint density at radius 2 is 2.22 bits per heavy atom. The predicted octanol–water partition coefficient (Wildman–Crippen LogP) is 1.69. The fraction of sp³-hybridized carbons (Fsp3) is 0.231. The lowest BCUT2D eigenvalue weighted by atomic mass is 10.2. The molecule has 1 fully saturated rings. The van der Waals surface area contributed by atoms with E-state index in [1.165, 1.54) is 6.08 Å². The summed E-state index contributed by atoms with van der Waals surface area (Å²) in [5.74, 6) is -0.0683. The molecule has 2 amide bonds. The molecule has 0 unspecified atom stereocenters. The molecular formula is C13H13NO4. The number of amides is 2. The Bertz CT molecular complexity index is 554. The van der Waals surface area contributed by atoms with Crippen LogP contribution in [0.25, 0.3) is 6.08 Å². The summed E-state index contributed by atoms with van der Waals surface area (Å²) in [7, 11) is 1.55. The lowest BCUT2D eigenvalue weighted by molar-refractivity contribution is -0.122. The number of benzene rings is 1. The third-order valence-corrected chi connectivity index (χ3v) is 2.36. The molecule has 0 spiro atoms. The van der Waals surface area contributed by atoms with Gasteiger partial charge >= 0.3 is 6.09 Å². The van der Waals surface area contributed by atoms with E-state index in [9.17, 15) is 9.59 Å². The van der Waals surface area contributed by atoms with Gasteiger partial charge in [-0.1, -0.05) is 12.1 Å². The Hall–Kier alpha value is -2.30. The van der Waals surface area contributed by atoms with Crippen LogP contribution in [0.1, 0.15) is 8.30 Å². The van der Waals surface area contributed by atoms with Crippen molar-refractivity contribution in [2.24, 2.45) is 0 Å². The van der Waals surface area contributed by atoms with Crippen LogP contribution in [-0.2, 0) is 9.53 Å². The number of ether oxygens (including phenoxy) is 2. The van der Waals surface area contributed by atoms with Crippen LogP contribution >= 0.6 is 0 Å². The summed E-state index contributed by atoms with van der Waals surface area (Å²) in [6, 6.07) is 6.93. The number of rotatable bonds is 3. The summed E-state index contributed by atoms with van der Waals surface area (Å²) in [4.78, 5) is 23.6. The molecule has 1 saturated heterocycles. The standard InChI is InChI=1S/C13H13NO4/c1-17-11-5-2-10(3-6-11)4-7-12(15)14-8-9-18-13(14)16/h2-7H,8-9H2,1H3/i8D2. The van der Waals surface area contributed by atoms with E-state index < -0.39 is 25.1 Å². The molecule has 0 aromatic heterocycles. The molecule has 0 N–H and O–H groups in total. The van der Waals surface area contributed by atoms with Gasteiger partial charge in [-0.2, -0.15) is 0 Å². The van der Waals surface area contributed by atoms with Crippen molar-refractivity contribution in [2.45, 2.75) is 0 Å². The second-order valence-corrected chi connectivity index (χ2v) is 3.49. The number of carbonyl (C=O) groups excluding carboxylic acids is 2. The highest BCUT2D eigenvalue weighted by Crippen LogP contribution is 2.13. The minimum Gasteiger partial charge on any atom is -0.497 e. The molecule has 5 nitrogen and oxygen atoms in total. The summed E-state index contributed by atoms with van der Waals surface area (Å²) >= 11 is 0. The molecule has 0 aliphatic carbocycles. The number of cyclic esters (lactones) is 1. The molecule has 1 aliphatic heterocycles. The zero-order valence-electron chi connectivity index (χ0n) is 11.8. The minimum atomic E-state index is -2.11. The van der Waals surface area contributed by atoms with Crippen molar-refractivity contribution >= 4 is 18.1 Å². The molecule has 2 rings (SSSR count). The monoisotopic (exact) mass is 249 g/mol. The molecule has 1 aliphatic rings. The van der Waals surface area contributed by atoms with E-state index in [2.05, 4.69) is 4.74 Å². The maximum absolute atomic E-state index is 11.8. The van der Waals surface area contributed by atoms with Crippen LogP contribution < -0.4 is 4.74 Å². The average Bonchev–Trinajstić information content (AvgIpc) is 2.70. The zero-order chi connectivity index (χ0) is 14.8. The number of imide groups is 1. The molecule has 18 heavy (non-hydrogen) atoms. The Labute approximate surface area is 107 Å². The molecule has 94 valence electrons. The number of methoxy groups -OCH3 is 1. The molecule has 0 bridgehead atoms. The summed E-state index contributed by atoms with van der Waals surface area (Å²) in [6.45, 7) is -2.56. The van der Waals surface area contributed by atoms with Gasteiger partial charge in [0.15, 0.2) is 0 Å². The number of hydrogen-bond acceptors (Lipinski definition) is 4. The molecular weight excluding hydrogens is 234 g/mol. The van der Waals surface area contributed by atoms with Crippen molar-refractivity contribution in [3.05, 3.63) is 35.9 Å². The average molecular weight is 249 g/mol. The first kappa shape index (κ1) is 9.70. The Kier molecular flexibility index (Phi) is 2.89. The van der Waals surface area contributed by atoms with Gasteiger partial charge in [-0.3, -0.25) is 4.79 Å². The van der Waals surface area contributed by atoms with Crippen molar-refractivity contribution in [1.82, 2.24) is 4.90 Å². The lowest BCUT2D eigenvalue weighted by Gasteiger charge is -2.06. The lowest BCUT2D eigenvalue weighted by Crippen LogP contribution is -2.29. The fourth-order valence-electron chi connectivity index (χ4n) is 1.41. The van der Waals surface area contributed by atoms with Gasteiger partial charge in [0.1, 0.15) is 12.4 Å². The first-order chi connectivity index (χ1) is 9.44. The van der Waals surface area contributed by atoms with Crippen molar-refractivity contribution in [2.75, 3.05) is 20.2 Å². The molecule has 0 saturated carbocycles. The zero-order valence-corrected chi connectivity index (χ0v) is 9.75. The van der Waals surface area contributed by atoms with E-state index >= 15 is 0 Å². The van der Waals surface area contributed by atoms with E-state index in [-0.39, 0.29) is 0 Å². The van der Waals surface area contributed by atoms with Crippen molar-refractivity contribution in [3.8, 4) is 5.75 Å². The van der Waals surface area contributed by atoms with Crippen LogP contribution in [0.4, 0.5) is 4.79 Å². The van der Waals surface area contributed by atoms with Gasteiger partial charge in [0.25, 0.3) is 5.91 Å². The Balaban J connectivity index is 2.10. The molecule has 0 atom stereocenters. The van der Waals surface area contributed by atoms with E-state index in [4.69, 9.17) is 7.48 Å². The SMILES string of the molecule is [2H]C1([2H])COC(=O)N1C(=O)C=Cc1ccc(OC)cc1. The Morgan fingerprint density at radius 3 is 2.78 bits per heavy atom. The summed E-state index contributed by atoms with van der Waals surface area (Å²) < 4.78 is 24.6. The molecule has 0 radical (unpaired) electrons. The smallest absolute Gasteiger partial charge is 0.416 e. The number of carbonyl (C=O) groups is 2. The van der Waals surface area contributed by atoms with Crippen LogP contribution in [-0.4, -0.2) is 37.1 Å². The maximum atomic E-state index is 11.8. The van der Waals surface area contributed by atoms with E-state index in [0.29, 0.717) is 10.6 Å². The van der Waals surface area contributed by atoms with Gasteiger partial charge in [-0.15, -0.1) is 0 Å². The van der Waals surface area contributed by atoms with Crippen LogP contribution in [0.15, 0.2) is 30.3 Å². The van der Waals surface area contributed by atoms with Gasteiger partial charge in [0, 0.05) is 6.08 Å². The van der Waals surface area contributed by atoms with Crippen molar-refractivity contribution < 1.29 is 21.8 Å². The second-order valence-electron chi connectivity index (χ2n) is 3.49. The first-order valence-electron chi connectivity index (χ1n) is 6.27. The quantitative estimate of drug-likeness (QED) is 0.765. The van der Waals surface area contributed by atoms with E-state index in [1.54, 1.807) is 31.4 Å². The van der Waals surface area contributed by atoms with Gasteiger partial charge < -0.3 is 9.47 Å². The van der Waals surface area contributed by atoms with Crippen molar-refractivity contribution in [1.29, 1.82) is 0 Å². The second kappa shape index (κ2) is 5.35. The van der Waals surface area contributed by atoms with Gasteiger partial charge in [0.2, 0.25) is 0 Å². The number of hydrogen-bond donors (Lipinski definition) is 0. The van der Waals surface area contributed by atoms with Crippen LogP contribution in [0.2, 0.25) is 0 Å². The third kappa shape index (κ3) is 2.68. The van der Waals surface area contributed by atoms with E-state index in [0.717, 1.165) is 11.6 Å². The largest absolute Gasteiger partial charge is 0.497 e. The van der Waals surface area contributed by atoms with Gasteiger partial charge in [0.05, 0.1) is 16.3 Å². The summed E-state index contributed by atoms with van der Waals surface area (Å²) in [6.07, 6.45) is 1.65. The molecule has 5 heteroatoms. The highest BCUT2D eigenvalue weighted by molar-refractivity contribution is 6.01. The van der Waals surface area contributed by atoms with Crippen molar-refractivity contribution in [3.63, 3.8) is 0 Å².